The van der Waals surface area contributed by atoms with Crippen molar-refractivity contribution < 1.29 is 14.3 Å². The summed E-state index contributed by atoms with van der Waals surface area (Å²) in [6.07, 6.45) is 3.14. The molecule has 0 heterocycles. The topological polar surface area (TPSA) is 70.7 Å². The molecule has 0 aliphatic carbocycles. The van der Waals surface area contributed by atoms with Gasteiger partial charge in [0.15, 0.2) is 0 Å². The molecule has 0 aliphatic rings. The van der Waals surface area contributed by atoms with Gasteiger partial charge in [0.25, 0.3) is 0 Å². The maximum absolute atomic E-state index is 12.5. The van der Waals surface area contributed by atoms with Gasteiger partial charge in [-0.2, -0.15) is 0 Å². The van der Waals surface area contributed by atoms with Gasteiger partial charge in [0, 0.05) is 18.2 Å². The van der Waals surface area contributed by atoms with Crippen molar-refractivity contribution in [3.05, 3.63) is 71.8 Å². The Balaban J connectivity index is 1.92. The summed E-state index contributed by atoms with van der Waals surface area (Å²) >= 11 is 0. The number of hydrogen-bond donors (Lipinski definition) is 2. The average Bonchev–Trinajstić information content (AvgIpc) is 2.73. The Morgan fingerprint density at radius 2 is 1.72 bits per heavy atom. The van der Waals surface area contributed by atoms with Crippen molar-refractivity contribution in [1.82, 2.24) is 15.5 Å². The number of likely N-dealkylation sites (N-methyl/N-ethyl adjacent to an activating group) is 1. The highest BCUT2D eigenvalue weighted by Crippen LogP contribution is 2.27. The van der Waals surface area contributed by atoms with E-state index in [0.717, 1.165) is 16.9 Å². The number of para-hydroxylation sites is 1. The quantitative estimate of drug-likeness (QED) is 0.641. The van der Waals surface area contributed by atoms with Crippen LogP contribution in [-0.4, -0.2) is 50.5 Å². The Bertz CT molecular complexity index is 834. The second-order valence-corrected chi connectivity index (χ2v) is 6.94. The summed E-state index contributed by atoms with van der Waals surface area (Å²) in [5, 5.41) is 5.61. The number of nitrogens with one attached hydrogen (secondary N) is 2. The first-order valence-electron chi connectivity index (χ1n) is 9.53. The number of ether oxygens (including phenoxy) is 1. The Hall–Kier alpha value is -3.12. The largest absolute Gasteiger partial charge is 0.496 e. The van der Waals surface area contributed by atoms with Gasteiger partial charge in [-0.25, -0.2) is 0 Å². The predicted molar refractivity (Wildman–Crippen MR) is 116 cm³/mol. The molecule has 2 amide bonds. The molecule has 154 valence electrons. The van der Waals surface area contributed by atoms with E-state index >= 15 is 0 Å². The molecule has 0 saturated carbocycles. The van der Waals surface area contributed by atoms with Gasteiger partial charge >= 0.3 is 0 Å². The molecule has 0 radical (unpaired) electrons. The van der Waals surface area contributed by atoms with E-state index in [-0.39, 0.29) is 17.9 Å². The van der Waals surface area contributed by atoms with E-state index in [9.17, 15) is 9.59 Å². The number of carbonyl (C=O) groups excluding carboxylic acids is 2. The highest BCUT2D eigenvalue weighted by Gasteiger charge is 2.21. The lowest BCUT2D eigenvalue weighted by Crippen LogP contribution is -2.46. The first-order chi connectivity index (χ1) is 13.9. The number of nitrogens with zero attached hydrogens (tertiary/aromatic N) is 1. The van der Waals surface area contributed by atoms with E-state index in [4.69, 9.17) is 4.74 Å². The Morgan fingerprint density at radius 1 is 1.07 bits per heavy atom. The van der Waals surface area contributed by atoms with Gasteiger partial charge in [-0.1, -0.05) is 48.5 Å². The fourth-order valence-electron chi connectivity index (χ4n) is 2.93. The molecule has 0 aliphatic heterocycles. The van der Waals surface area contributed by atoms with Crippen molar-refractivity contribution in [2.45, 2.75) is 19.0 Å². The normalized spacial score (nSPS) is 13.1. The monoisotopic (exact) mass is 395 g/mol. The molecule has 0 aromatic heterocycles. The minimum atomic E-state index is -0.650. The molecular weight excluding hydrogens is 366 g/mol. The number of rotatable bonds is 9. The Morgan fingerprint density at radius 3 is 2.38 bits per heavy atom. The number of amides is 2. The minimum Gasteiger partial charge on any atom is -0.496 e. The third kappa shape index (κ3) is 6.76. The molecule has 6 nitrogen and oxygen atoms in total. The van der Waals surface area contributed by atoms with Crippen LogP contribution in [0, 0.1) is 0 Å². The summed E-state index contributed by atoms with van der Waals surface area (Å²) in [7, 11) is 5.52. The molecule has 0 spiro atoms. The van der Waals surface area contributed by atoms with Gasteiger partial charge in [0.05, 0.1) is 13.2 Å². The van der Waals surface area contributed by atoms with Crippen LogP contribution in [0.15, 0.2) is 60.7 Å². The van der Waals surface area contributed by atoms with Gasteiger partial charge < -0.3 is 20.3 Å². The van der Waals surface area contributed by atoms with Gasteiger partial charge in [-0.05, 0) is 38.7 Å². The lowest BCUT2D eigenvalue weighted by atomic mass is 10.0. The molecule has 2 N–H and O–H groups in total. The van der Waals surface area contributed by atoms with E-state index in [1.54, 1.807) is 20.1 Å². The van der Waals surface area contributed by atoms with Crippen molar-refractivity contribution >= 4 is 17.9 Å². The predicted octanol–water partition coefficient (Wildman–Crippen LogP) is 2.63. The smallest absolute Gasteiger partial charge is 0.244 e. The molecule has 2 atom stereocenters. The van der Waals surface area contributed by atoms with Crippen LogP contribution in [0.3, 0.4) is 0 Å². The Labute approximate surface area is 172 Å². The minimum absolute atomic E-state index is 0.0593. The van der Waals surface area contributed by atoms with Crippen LogP contribution in [0.25, 0.3) is 6.08 Å². The molecule has 2 aromatic carbocycles. The molecule has 6 heteroatoms. The van der Waals surface area contributed by atoms with Crippen LogP contribution in [0.5, 0.6) is 5.75 Å². The first-order valence-corrected chi connectivity index (χ1v) is 9.53. The second-order valence-electron chi connectivity index (χ2n) is 6.94. The first kappa shape index (κ1) is 22.2. The molecule has 0 saturated heterocycles. The van der Waals surface area contributed by atoms with Gasteiger partial charge in [-0.15, -0.1) is 0 Å². The van der Waals surface area contributed by atoms with Crippen LogP contribution in [0.1, 0.15) is 24.1 Å². The molecule has 2 rings (SSSR count). The van der Waals surface area contributed by atoms with E-state index < -0.39 is 6.04 Å². The van der Waals surface area contributed by atoms with Gasteiger partial charge in [-0.3, -0.25) is 9.59 Å². The average molecular weight is 396 g/mol. The summed E-state index contributed by atoms with van der Waals surface area (Å²) < 4.78 is 5.44. The fraction of sp³-hybridized carbons (Fsp3) is 0.304. The maximum atomic E-state index is 12.5. The maximum Gasteiger partial charge on any atom is 0.244 e. The zero-order valence-corrected chi connectivity index (χ0v) is 17.4. The Kier molecular flexibility index (Phi) is 8.43. The lowest BCUT2D eigenvalue weighted by molar-refractivity contribution is -0.126. The van der Waals surface area contributed by atoms with Crippen LogP contribution in [0.2, 0.25) is 0 Å². The zero-order valence-electron chi connectivity index (χ0n) is 17.4. The fourth-order valence-corrected chi connectivity index (χ4v) is 2.93. The number of methoxy groups -OCH3 is 1. The molecular formula is C23H29N3O3. The van der Waals surface area contributed by atoms with E-state index in [2.05, 4.69) is 10.6 Å². The summed E-state index contributed by atoms with van der Waals surface area (Å²) in [4.78, 5) is 26.6. The summed E-state index contributed by atoms with van der Waals surface area (Å²) in [6, 6.07) is 16.5. The molecule has 29 heavy (non-hydrogen) atoms. The number of carbonyl (C=O) groups is 2. The van der Waals surface area contributed by atoms with E-state index in [1.165, 1.54) is 6.08 Å². The highest BCUT2D eigenvalue weighted by atomic mass is 16.5. The molecule has 0 bridgehead atoms. The van der Waals surface area contributed by atoms with Crippen molar-refractivity contribution in [3.8, 4) is 5.75 Å². The van der Waals surface area contributed by atoms with E-state index in [1.807, 2.05) is 73.6 Å². The van der Waals surface area contributed by atoms with Crippen LogP contribution in [-0.2, 0) is 9.59 Å². The zero-order chi connectivity index (χ0) is 21.2. The standard InChI is InChI=1S/C23H29N3O3/c1-17(25-22(27)15-14-18-10-6-5-7-11-18)23(28)24-16-20(26(2)3)19-12-8-9-13-21(19)29-4/h5-15,17,20H,16H2,1-4H3,(H,24,28)(H,25,27)/b15-14+. The van der Waals surface area contributed by atoms with Crippen LogP contribution in [0.4, 0.5) is 0 Å². The lowest BCUT2D eigenvalue weighted by Gasteiger charge is -2.27. The summed E-state index contributed by atoms with van der Waals surface area (Å²) in [5.74, 6) is 0.214. The van der Waals surface area contributed by atoms with Crippen molar-refractivity contribution in [3.63, 3.8) is 0 Å². The summed E-state index contributed by atoms with van der Waals surface area (Å²) in [6.45, 7) is 2.06. The summed E-state index contributed by atoms with van der Waals surface area (Å²) in [5.41, 5.74) is 1.91. The van der Waals surface area contributed by atoms with Gasteiger partial charge in [0.1, 0.15) is 11.8 Å². The molecule has 0 fully saturated rings. The van der Waals surface area contributed by atoms with Gasteiger partial charge in [0.2, 0.25) is 11.8 Å². The molecule has 2 aromatic rings. The van der Waals surface area contributed by atoms with Crippen LogP contribution < -0.4 is 15.4 Å². The van der Waals surface area contributed by atoms with Crippen molar-refractivity contribution in [2.24, 2.45) is 0 Å². The van der Waals surface area contributed by atoms with Crippen LogP contribution >= 0.6 is 0 Å². The third-order valence-electron chi connectivity index (χ3n) is 4.57. The van der Waals surface area contributed by atoms with E-state index in [0.29, 0.717) is 6.54 Å². The third-order valence-corrected chi connectivity index (χ3v) is 4.57. The number of benzene rings is 2. The van der Waals surface area contributed by atoms with Crippen molar-refractivity contribution in [1.29, 1.82) is 0 Å². The second kappa shape index (κ2) is 11.0. The molecule has 2 unspecified atom stereocenters. The SMILES string of the molecule is COc1ccccc1C(CNC(=O)C(C)NC(=O)/C=C/c1ccccc1)N(C)C. The number of hydrogen-bond acceptors (Lipinski definition) is 4. The highest BCUT2D eigenvalue weighted by molar-refractivity contribution is 5.95. The van der Waals surface area contributed by atoms with Crippen molar-refractivity contribution in [2.75, 3.05) is 27.7 Å².